The lowest BCUT2D eigenvalue weighted by Gasteiger charge is -1.95. The zero-order valence-corrected chi connectivity index (χ0v) is 8.56. The first-order valence-electron chi connectivity index (χ1n) is 4.42. The van der Waals surface area contributed by atoms with Gasteiger partial charge in [0.05, 0.1) is 10.5 Å². The van der Waals surface area contributed by atoms with Crippen molar-refractivity contribution >= 4 is 28.3 Å². The molecule has 2 aromatic rings. The topological polar surface area (TPSA) is 32.9 Å². The first-order valence-corrected chi connectivity index (χ1v) is 4.80. The second-order valence-corrected chi connectivity index (χ2v) is 3.76. The van der Waals surface area contributed by atoms with E-state index in [1.165, 1.54) is 0 Å². The number of aromatic nitrogens is 1. The van der Waals surface area contributed by atoms with E-state index in [-0.39, 0.29) is 5.78 Å². The molecule has 2 nitrogen and oxygen atoms in total. The molecular formula is C11H10ClNO. The summed E-state index contributed by atoms with van der Waals surface area (Å²) in [6.07, 6.45) is 2.30. The van der Waals surface area contributed by atoms with Crippen molar-refractivity contribution < 1.29 is 4.79 Å². The molecule has 1 heterocycles. The molecule has 0 spiro atoms. The van der Waals surface area contributed by atoms with Crippen molar-refractivity contribution in [2.45, 2.75) is 13.3 Å². The maximum atomic E-state index is 11.0. The van der Waals surface area contributed by atoms with Crippen LogP contribution in [0.1, 0.15) is 12.5 Å². The summed E-state index contributed by atoms with van der Waals surface area (Å²) in [4.78, 5) is 14.1. The molecule has 0 radical (unpaired) electrons. The van der Waals surface area contributed by atoms with Gasteiger partial charge in [-0.05, 0) is 18.6 Å². The van der Waals surface area contributed by atoms with Crippen LogP contribution in [0.15, 0.2) is 24.4 Å². The molecule has 0 aliphatic heterocycles. The fourth-order valence-corrected chi connectivity index (χ4v) is 1.82. The third kappa shape index (κ3) is 1.53. The third-order valence-corrected chi connectivity index (χ3v) is 2.50. The van der Waals surface area contributed by atoms with E-state index in [1.807, 2.05) is 24.4 Å². The second kappa shape index (κ2) is 3.46. The van der Waals surface area contributed by atoms with Gasteiger partial charge < -0.3 is 4.98 Å². The highest BCUT2D eigenvalue weighted by Gasteiger charge is 2.07. The van der Waals surface area contributed by atoms with E-state index in [2.05, 4.69) is 4.98 Å². The van der Waals surface area contributed by atoms with Crippen LogP contribution in [-0.2, 0) is 11.2 Å². The highest BCUT2D eigenvalue weighted by atomic mass is 35.5. The Kier molecular flexibility index (Phi) is 2.30. The molecule has 1 aromatic heterocycles. The van der Waals surface area contributed by atoms with Crippen LogP contribution in [0.5, 0.6) is 0 Å². The van der Waals surface area contributed by atoms with Gasteiger partial charge in [-0.3, -0.25) is 4.79 Å². The monoisotopic (exact) mass is 207 g/mol. The molecular weight excluding hydrogens is 198 g/mol. The molecule has 2 rings (SSSR count). The van der Waals surface area contributed by atoms with Crippen LogP contribution >= 0.6 is 11.6 Å². The van der Waals surface area contributed by atoms with Gasteiger partial charge in [-0.2, -0.15) is 0 Å². The minimum atomic E-state index is 0.158. The Morgan fingerprint density at radius 1 is 1.50 bits per heavy atom. The number of aromatic amines is 1. The number of hydrogen-bond donors (Lipinski definition) is 1. The molecule has 1 aromatic carbocycles. The fraction of sp³-hybridized carbons (Fsp3) is 0.182. The van der Waals surface area contributed by atoms with Gasteiger partial charge in [0.25, 0.3) is 0 Å². The summed E-state index contributed by atoms with van der Waals surface area (Å²) in [6.45, 7) is 1.59. The summed E-state index contributed by atoms with van der Waals surface area (Å²) in [5.41, 5.74) is 1.92. The van der Waals surface area contributed by atoms with Crippen LogP contribution in [0.3, 0.4) is 0 Å². The van der Waals surface area contributed by atoms with Gasteiger partial charge in [-0.15, -0.1) is 0 Å². The number of halogens is 1. The van der Waals surface area contributed by atoms with Crippen molar-refractivity contribution in [2.75, 3.05) is 0 Å². The number of Topliss-reactive ketones (excluding diaryl/α,β-unsaturated/α-hetero) is 1. The van der Waals surface area contributed by atoms with E-state index in [0.717, 1.165) is 16.5 Å². The van der Waals surface area contributed by atoms with Crippen LogP contribution in [0.25, 0.3) is 10.9 Å². The van der Waals surface area contributed by atoms with E-state index in [1.54, 1.807) is 6.92 Å². The van der Waals surface area contributed by atoms with Crippen molar-refractivity contribution in [3.05, 3.63) is 35.0 Å². The zero-order chi connectivity index (χ0) is 10.1. The van der Waals surface area contributed by atoms with E-state index >= 15 is 0 Å². The summed E-state index contributed by atoms with van der Waals surface area (Å²) in [7, 11) is 0. The maximum Gasteiger partial charge on any atom is 0.134 e. The lowest BCUT2D eigenvalue weighted by Crippen LogP contribution is -1.94. The quantitative estimate of drug-likeness (QED) is 0.807. The molecule has 0 saturated heterocycles. The van der Waals surface area contributed by atoms with Crippen LogP contribution in [-0.4, -0.2) is 10.8 Å². The average molecular weight is 208 g/mol. The smallest absolute Gasteiger partial charge is 0.134 e. The number of fused-ring (bicyclic) bond motifs is 1. The van der Waals surface area contributed by atoms with Gasteiger partial charge >= 0.3 is 0 Å². The first kappa shape index (κ1) is 9.28. The number of ketones is 1. The Morgan fingerprint density at radius 2 is 2.29 bits per heavy atom. The lowest BCUT2D eigenvalue weighted by atomic mass is 10.1. The fourth-order valence-electron chi connectivity index (χ4n) is 1.59. The SMILES string of the molecule is CC(=O)Cc1c[nH]c2c(Cl)cccc12. The Labute approximate surface area is 86.9 Å². The Hall–Kier alpha value is -1.28. The minimum Gasteiger partial charge on any atom is -0.360 e. The zero-order valence-electron chi connectivity index (χ0n) is 7.80. The average Bonchev–Trinajstić information content (AvgIpc) is 2.49. The van der Waals surface area contributed by atoms with E-state index in [4.69, 9.17) is 11.6 Å². The summed E-state index contributed by atoms with van der Waals surface area (Å²) < 4.78 is 0. The summed E-state index contributed by atoms with van der Waals surface area (Å²) in [5, 5.41) is 1.73. The third-order valence-electron chi connectivity index (χ3n) is 2.19. The van der Waals surface area contributed by atoms with Gasteiger partial charge in [0, 0.05) is 18.0 Å². The van der Waals surface area contributed by atoms with Crippen LogP contribution < -0.4 is 0 Å². The van der Waals surface area contributed by atoms with E-state index in [0.29, 0.717) is 11.4 Å². The normalized spacial score (nSPS) is 10.7. The highest BCUT2D eigenvalue weighted by Crippen LogP contribution is 2.25. The Morgan fingerprint density at radius 3 is 3.00 bits per heavy atom. The number of nitrogens with one attached hydrogen (secondary N) is 1. The van der Waals surface area contributed by atoms with Gasteiger partial charge in [-0.1, -0.05) is 23.7 Å². The molecule has 1 N–H and O–H groups in total. The summed E-state index contributed by atoms with van der Waals surface area (Å²) in [5.74, 6) is 0.158. The number of hydrogen-bond acceptors (Lipinski definition) is 1. The van der Waals surface area contributed by atoms with Crippen molar-refractivity contribution in [3.63, 3.8) is 0 Å². The maximum absolute atomic E-state index is 11.0. The number of H-pyrrole nitrogens is 1. The molecule has 0 aliphatic rings. The van der Waals surface area contributed by atoms with E-state index < -0.39 is 0 Å². The standard InChI is InChI=1S/C11H10ClNO/c1-7(14)5-8-6-13-11-9(8)3-2-4-10(11)12/h2-4,6,13H,5H2,1H3. The van der Waals surface area contributed by atoms with Crippen molar-refractivity contribution in [2.24, 2.45) is 0 Å². The van der Waals surface area contributed by atoms with Crippen molar-refractivity contribution in [3.8, 4) is 0 Å². The minimum absolute atomic E-state index is 0.158. The number of para-hydroxylation sites is 1. The first-order chi connectivity index (χ1) is 6.68. The predicted molar refractivity (Wildman–Crippen MR) is 57.7 cm³/mol. The Balaban J connectivity index is 2.58. The van der Waals surface area contributed by atoms with Crippen molar-refractivity contribution in [1.29, 1.82) is 0 Å². The number of benzene rings is 1. The lowest BCUT2D eigenvalue weighted by molar-refractivity contribution is -0.116. The molecule has 0 amide bonds. The number of carbonyl (C=O) groups excluding carboxylic acids is 1. The Bertz CT molecular complexity index is 487. The molecule has 0 unspecified atom stereocenters. The number of rotatable bonds is 2. The molecule has 0 atom stereocenters. The van der Waals surface area contributed by atoms with Gasteiger partial charge in [0.1, 0.15) is 5.78 Å². The summed E-state index contributed by atoms with van der Waals surface area (Å²) >= 11 is 5.99. The molecule has 0 saturated carbocycles. The number of carbonyl (C=O) groups is 1. The predicted octanol–water partition coefficient (Wildman–Crippen LogP) is 2.95. The molecule has 0 bridgehead atoms. The van der Waals surface area contributed by atoms with Gasteiger partial charge in [0.2, 0.25) is 0 Å². The van der Waals surface area contributed by atoms with Gasteiger partial charge in [0.15, 0.2) is 0 Å². The molecule has 3 heteroatoms. The molecule has 0 aliphatic carbocycles. The summed E-state index contributed by atoms with van der Waals surface area (Å²) in [6, 6.07) is 5.69. The van der Waals surface area contributed by atoms with E-state index in [9.17, 15) is 4.79 Å². The largest absolute Gasteiger partial charge is 0.360 e. The van der Waals surface area contributed by atoms with Crippen LogP contribution in [0.2, 0.25) is 5.02 Å². The van der Waals surface area contributed by atoms with Crippen LogP contribution in [0, 0.1) is 0 Å². The molecule has 14 heavy (non-hydrogen) atoms. The molecule has 72 valence electrons. The van der Waals surface area contributed by atoms with Crippen molar-refractivity contribution in [1.82, 2.24) is 4.98 Å². The van der Waals surface area contributed by atoms with Gasteiger partial charge in [-0.25, -0.2) is 0 Å². The molecule has 0 fully saturated rings. The highest BCUT2D eigenvalue weighted by molar-refractivity contribution is 6.35. The second-order valence-electron chi connectivity index (χ2n) is 3.36. The van der Waals surface area contributed by atoms with Crippen LogP contribution in [0.4, 0.5) is 0 Å².